The smallest absolute Gasteiger partial charge is 0.246 e. The van der Waals surface area contributed by atoms with E-state index in [4.69, 9.17) is 5.10 Å². The number of rotatable bonds is 6. The number of piperazine rings is 1. The molecule has 3 aromatic rings. The van der Waals surface area contributed by atoms with Gasteiger partial charge in [-0.2, -0.15) is 5.10 Å². The van der Waals surface area contributed by atoms with Crippen molar-refractivity contribution in [3.8, 4) is 11.3 Å². The van der Waals surface area contributed by atoms with Gasteiger partial charge in [0.2, 0.25) is 11.8 Å². The number of nitrogens with zero attached hydrogens (tertiary/aromatic N) is 5. The quantitative estimate of drug-likeness (QED) is 0.548. The zero-order valence-corrected chi connectivity index (χ0v) is 19.1. The van der Waals surface area contributed by atoms with Crippen molar-refractivity contribution in [3.05, 3.63) is 78.3 Å². The predicted molar refractivity (Wildman–Crippen MR) is 128 cm³/mol. The highest BCUT2D eigenvalue weighted by molar-refractivity contribution is 5.93. The van der Waals surface area contributed by atoms with E-state index in [2.05, 4.69) is 17.1 Å². The minimum atomic E-state index is -0.0559. The van der Waals surface area contributed by atoms with Gasteiger partial charge in [-0.1, -0.05) is 44.2 Å². The lowest BCUT2D eigenvalue weighted by Gasteiger charge is -2.35. The van der Waals surface area contributed by atoms with E-state index in [0.717, 1.165) is 22.4 Å². The molecule has 33 heavy (non-hydrogen) atoms. The first kappa shape index (κ1) is 22.5. The van der Waals surface area contributed by atoms with E-state index >= 15 is 0 Å². The number of carbonyl (C=O) groups excluding carboxylic acids is 2. The van der Waals surface area contributed by atoms with Crippen LogP contribution >= 0.6 is 0 Å². The molecule has 0 N–H and O–H groups in total. The summed E-state index contributed by atoms with van der Waals surface area (Å²) >= 11 is 0. The number of hydrogen-bond acceptors (Lipinski definition) is 4. The van der Waals surface area contributed by atoms with Crippen molar-refractivity contribution in [1.82, 2.24) is 24.6 Å². The first-order chi connectivity index (χ1) is 16.0. The Labute approximate surface area is 194 Å². The maximum atomic E-state index is 12.8. The molecule has 170 valence electrons. The molecule has 1 aliphatic rings. The van der Waals surface area contributed by atoms with E-state index in [-0.39, 0.29) is 17.7 Å². The van der Waals surface area contributed by atoms with E-state index in [9.17, 15) is 9.59 Å². The fraction of sp³-hybridized carbons (Fsp3) is 0.308. The van der Waals surface area contributed by atoms with Gasteiger partial charge in [0.1, 0.15) is 5.69 Å². The van der Waals surface area contributed by atoms with E-state index < -0.39 is 0 Å². The van der Waals surface area contributed by atoms with Gasteiger partial charge in [-0.05, 0) is 23.8 Å². The Kier molecular flexibility index (Phi) is 6.98. The third-order valence-corrected chi connectivity index (χ3v) is 5.71. The Morgan fingerprint density at radius 2 is 1.73 bits per heavy atom. The lowest BCUT2D eigenvalue weighted by molar-refractivity contribution is -0.139. The van der Waals surface area contributed by atoms with Crippen LogP contribution in [-0.4, -0.2) is 62.6 Å². The molecular formula is C26H29N5O2. The Hall–Kier alpha value is -3.74. The molecule has 1 aliphatic heterocycles. The maximum Gasteiger partial charge on any atom is 0.246 e. The van der Waals surface area contributed by atoms with E-state index in [1.54, 1.807) is 23.4 Å². The van der Waals surface area contributed by atoms with Crippen molar-refractivity contribution in [2.45, 2.75) is 20.4 Å². The molecule has 3 heterocycles. The lowest BCUT2D eigenvalue weighted by atomic mass is 10.1. The first-order valence-electron chi connectivity index (χ1n) is 11.3. The zero-order chi connectivity index (χ0) is 23.2. The van der Waals surface area contributed by atoms with Gasteiger partial charge in [0.25, 0.3) is 0 Å². The van der Waals surface area contributed by atoms with Crippen molar-refractivity contribution in [2.24, 2.45) is 5.92 Å². The van der Waals surface area contributed by atoms with E-state index in [1.807, 2.05) is 66.0 Å². The molecule has 4 rings (SSSR count). The highest BCUT2D eigenvalue weighted by Crippen LogP contribution is 2.23. The van der Waals surface area contributed by atoms with Gasteiger partial charge in [0, 0.05) is 67.9 Å². The Morgan fingerprint density at radius 1 is 1.00 bits per heavy atom. The summed E-state index contributed by atoms with van der Waals surface area (Å²) in [5.74, 6) is 0.0645. The predicted octanol–water partition coefficient (Wildman–Crippen LogP) is 3.33. The van der Waals surface area contributed by atoms with Crippen LogP contribution in [0.3, 0.4) is 0 Å². The SMILES string of the molecule is CC(C)C(=O)N1CCN(C(=O)/C=C/c2cn(Cc3ccccc3)nc2-c2cccnc2)CC1. The van der Waals surface area contributed by atoms with E-state index in [1.165, 1.54) is 0 Å². The van der Waals surface area contributed by atoms with Gasteiger partial charge in [-0.3, -0.25) is 19.3 Å². The van der Waals surface area contributed by atoms with E-state index in [0.29, 0.717) is 32.7 Å². The molecule has 0 saturated carbocycles. The van der Waals surface area contributed by atoms with Crippen LogP contribution in [0.4, 0.5) is 0 Å². The molecule has 0 unspecified atom stereocenters. The minimum Gasteiger partial charge on any atom is -0.339 e. The minimum absolute atomic E-state index is 0.0227. The van der Waals surface area contributed by atoms with Crippen LogP contribution in [0, 0.1) is 5.92 Å². The summed E-state index contributed by atoms with van der Waals surface area (Å²) in [7, 11) is 0. The molecule has 2 amide bonds. The second-order valence-electron chi connectivity index (χ2n) is 8.50. The van der Waals surface area contributed by atoms with Gasteiger partial charge < -0.3 is 9.80 Å². The zero-order valence-electron chi connectivity index (χ0n) is 19.1. The highest BCUT2D eigenvalue weighted by Gasteiger charge is 2.24. The highest BCUT2D eigenvalue weighted by atomic mass is 16.2. The molecule has 0 spiro atoms. The molecule has 0 atom stereocenters. The van der Waals surface area contributed by atoms with Crippen molar-refractivity contribution in [1.29, 1.82) is 0 Å². The monoisotopic (exact) mass is 443 g/mol. The van der Waals surface area contributed by atoms with Gasteiger partial charge in [-0.15, -0.1) is 0 Å². The first-order valence-corrected chi connectivity index (χ1v) is 11.3. The average Bonchev–Trinajstić information content (AvgIpc) is 3.25. The topological polar surface area (TPSA) is 71.3 Å². The van der Waals surface area contributed by atoms with Crippen molar-refractivity contribution in [2.75, 3.05) is 26.2 Å². The number of benzene rings is 1. The van der Waals surface area contributed by atoms with Crippen LogP contribution in [0.15, 0.2) is 67.1 Å². The van der Waals surface area contributed by atoms with Crippen molar-refractivity contribution >= 4 is 17.9 Å². The Bertz CT molecular complexity index is 1110. The van der Waals surface area contributed by atoms with Crippen LogP contribution in [0.1, 0.15) is 25.0 Å². The summed E-state index contributed by atoms with van der Waals surface area (Å²) in [6.07, 6.45) is 8.89. The Morgan fingerprint density at radius 3 is 2.39 bits per heavy atom. The molecule has 0 bridgehead atoms. The maximum absolute atomic E-state index is 12.8. The second kappa shape index (κ2) is 10.3. The van der Waals surface area contributed by atoms with Gasteiger partial charge in [0.15, 0.2) is 0 Å². The lowest BCUT2D eigenvalue weighted by Crippen LogP contribution is -2.51. The fourth-order valence-electron chi connectivity index (χ4n) is 3.92. The summed E-state index contributed by atoms with van der Waals surface area (Å²) in [6.45, 7) is 6.69. The summed E-state index contributed by atoms with van der Waals surface area (Å²) in [6, 6.07) is 14.0. The molecular weight excluding hydrogens is 414 g/mol. The van der Waals surface area contributed by atoms with Gasteiger partial charge in [0.05, 0.1) is 6.54 Å². The third-order valence-electron chi connectivity index (χ3n) is 5.71. The number of hydrogen-bond donors (Lipinski definition) is 0. The molecule has 2 aromatic heterocycles. The molecule has 0 aliphatic carbocycles. The van der Waals surface area contributed by atoms with Crippen LogP contribution in [0.25, 0.3) is 17.3 Å². The fourth-order valence-corrected chi connectivity index (χ4v) is 3.92. The van der Waals surface area contributed by atoms with Crippen LogP contribution < -0.4 is 0 Å². The summed E-state index contributed by atoms with van der Waals surface area (Å²) in [4.78, 5) is 32.9. The summed E-state index contributed by atoms with van der Waals surface area (Å²) in [5, 5.41) is 4.77. The second-order valence-corrected chi connectivity index (χ2v) is 8.50. The third kappa shape index (κ3) is 5.55. The Balaban J connectivity index is 1.49. The van der Waals surface area contributed by atoms with Crippen molar-refractivity contribution < 1.29 is 9.59 Å². The standard InChI is InChI=1S/C26H29N5O2/c1-20(2)26(33)30-15-13-29(14-16-30)24(32)11-10-23-19-31(18-21-7-4-3-5-8-21)28-25(23)22-9-6-12-27-17-22/h3-12,17,19-20H,13-16,18H2,1-2H3/b11-10+. The average molecular weight is 444 g/mol. The van der Waals surface area contributed by atoms with Crippen LogP contribution in [0.5, 0.6) is 0 Å². The normalized spacial score (nSPS) is 14.3. The molecule has 0 radical (unpaired) electrons. The van der Waals surface area contributed by atoms with Crippen LogP contribution in [0.2, 0.25) is 0 Å². The number of amides is 2. The number of aromatic nitrogens is 3. The summed E-state index contributed by atoms with van der Waals surface area (Å²) in [5.41, 5.74) is 3.70. The van der Waals surface area contributed by atoms with Gasteiger partial charge >= 0.3 is 0 Å². The number of pyridine rings is 1. The molecule has 1 fully saturated rings. The molecule has 1 aromatic carbocycles. The largest absolute Gasteiger partial charge is 0.339 e. The van der Waals surface area contributed by atoms with Crippen LogP contribution in [-0.2, 0) is 16.1 Å². The molecule has 1 saturated heterocycles. The molecule has 7 nitrogen and oxygen atoms in total. The van der Waals surface area contributed by atoms with Gasteiger partial charge in [-0.25, -0.2) is 0 Å². The van der Waals surface area contributed by atoms with Crippen molar-refractivity contribution in [3.63, 3.8) is 0 Å². The summed E-state index contributed by atoms with van der Waals surface area (Å²) < 4.78 is 1.89. The molecule has 7 heteroatoms. The number of carbonyl (C=O) groups is 2.